The largest absolute Gasteiger partial charge is 0.493 e. The zero-order valence-corrected chi connectivity index (χ0v) is 15.9. The van der Waals surface area contributed by atoms with Crippen molar-refractivity contribution < 1.29 is 23.8 Å². The van der Waals surface area contributed by atoms with Gasteiger partial charge in [0.2, 0.25) is 0 Å². The fourth-order valence-corrected chi connectivity index (χ4v) is 2.50. The van der Waals surface area contributed by atoms with Crippen molar-refractivity contribution in [3.63, 3.8) is 0 Å². The Labute approximate surface area is 159 Å². The number of carbonyl (C=O) groups excluding carboxylic acids is 2. The van der Waals surface area contributed by atoms with Gasteiger partial charge in [-0.15, -0.1) is 0 Å². The van der Waals surface area contributed by atoms with Gasteiger partial charge in [-0.05, 0) is 49.1 Å². The van der Waals surface area contributed by atoms with Crippen LogP contribution in [0.4, 0.5) is 0 Å². The number of nitrogens with one attached hydrogen (secondary N) is 1. The molecule has 0 bridgehead atoms. The van der Waals surface area contributed by atoms with Crippen molar-refractivity contribution in [2.24, 2.45) is 0 Å². The molecule has 144 valence electrons. The molecule has 2 aromatic carbocycles. The Hall–Kier alpha value is -3.02. The zero-order chi connectivity index (χ0) is 19.6. The normalized spacial score (nSPS) is 10.2. The van der Waals surface area contributed by atoms with Gasteiger partial charge in [-0.25, -0.2) is 4.79 Å². The molecule has 27 heavy (non-hydrogen) atoms. The lowest BCUT2D eigenvalue weighted by Crippen LogP contribution is -2.31. The van der Waals surface area contributed by atoms with Gasteiger partial charge in [0.1, 0.15) is 0 Å². The number of benzene rings is 2. The molecule has 1 N–H and O–H groups in total. The van der Waals surface area contributed by atoms with E-state index in [1.165, 1.54) is 18.2 Å². The molecule has 0 saturated heterocycles. The highest BCUT2D eigenvalue weighted by Gasteiger charge is 2.11. The van der Waals surface area contributed by atoms with E-state index in [0.717, 1.165) is 12.0 Å². The van der Waals surface area contributed by atoms with E-state index in [0.29, 0.717) is 18.0 Å². The number of methoxy groups -OCH3 is 1. The molecule has 0 atom stereocenters. The second kappa shape index (κ2) is 10.2. The third-order valence-corrected chi connectivity index (χ3v) is 4.01. The quantitative estimate of drug-likeness (QED) is 0.686. The molecular weight excluding hydrogens is 346 g/mol. The molecule has 0 heterocycles. The van der Waals surface area contributed by atoms with Gasteiger partial charge in [0.15, 0.2) is 24.7 Å². The topological polar surface area (TPSA) is 73.9 Å². The summed E-state index contributed by atoms with van der Waals surface area (Å²) in [5.74, 6) is 0.0241. The number of amides is 1. The summed E-state index contributed by atoms with van der Waals surface area (Å²) < 4.78 is 15.5. The summed E-state index contributed by atoms with van der Waals surface area (Å²) in [7, 11) is 1.53. The van der Waals surface area contributed by atoms with Gasteiger partial charge in [-0.2, -0.15) is 0 Å². The highest BCUT2D eigenvalue weighted by atomic mass is 16.6. The van der Waals surface area contributed by atoms with Crippen LogP contribution in [-0.4, -0.2) is 38.7 Å². The second-order valence-corrected chi connectivity index (χ2v) is 6.13. The van der Waals surface area contributed by atoms with E-state index in [4.69, 9.17) is 14.2 Å². The summed E-state index contributed by atoms with van der Waals surface area (Å²) in [6.07, 6.45) is 0.725. The van der Waals surface area contributed by atoms with Gasteiger partial charge < -0.3 is 19.5 Å². The molecule has 0 aliphatic rings. The number of carbonyl (C=O) groups is 2. The summed E-state index contributed by atoms with van der Waals surface area (Å²) in [4.78, 5) is 23.5. The lowest BCUT2D eigenvalue weighted by atomic mass is 10.1. The lowest BCUT2D eigenvalue weighted by Gasteiger charge is -2.11. The highest BCUT2D eigenvalue weighted by Crippen LogP contribution is 2.27. The van der Waals surface area contributed by atoms with Crippen molar-refractivity contribution >= 4 is 11.9 Å². The van der Waals surface area contributed by atoms with Crippen molar-refractivity contribution in [1.29, 1.82) is 0 Å². The molecule has 0 fully saturated rings. The molecule has 0 aromatic heterocycles. The minimum absolute atomic E-state index is 0.296. The number of rotatable bonds is 9. The maximum Gasteiger partial charge on any atom is 0.344 e. The summed E-state index contributed by atoms with van der Waals surface area (Å²) in [5, 5.41) is 2.74. The Bertz CT molecular complexity index is 788. The third-order valence-electron chi connectivity index (χ3n) is 4.01. The fraction of sp³-hybridized carbons (Fsp3) is 0.333. The molecule has 2 rings (SSSR count). The maximum absolute atomic E-state index is 11.8. The average molecular weight is 371 g/mol. The van der Waals surface area contributed by atoms with Crippen LogP contribution < -0.4 is 14.8 Å². The van der Waals surface area contributed by atoms with E-state index in [9.17, 15) is 9.59 Å². The predicted octanol–water partition coefficient (Wildman–Crippen LogP) is 2.59. The van der Waals surface area contributed by atoms with E-state index < -0.39 is 5.97 Å². The van der Waals surface area contributed by atoms with Crippen LogP contribution in [0.5, 0.6) is 11.5 Å². The molecule has 6 heteroatoms. The van der Waals surface area contributed by atoms with Gasteiger partial charge in [-0.3, -0.25) is 4.79 Å². The molecule has 1 amide bonds. The molecule has 0 saturated carbocycles. The SMILES string of the molecule is COc1cc(C)ccc1OCC(=O)OCC(=O)NCCc1ccccc1C. The zero-order valence-electron chi connectivity index (χ0n) is 15.9. The summed E-state index contributed by atoms with van der Waals surface area (Å²) in [6.45, 7) is 3.81. The van der Waals surface area contributed by atoms with Crippen LogP contribution >= 0.6 is 0 Å². The van der Waals surface area contributed by atoms with E-state index in [1.54, 1.807) is 6.07 Å². The Balaban J connectivity index is 1.68. The van der Waals surface area contributed by atoms with Crippen LogP contribution in [-0.2, 0) is 20.7 Å². The monoisotopic (exact) mass is 371 g/mol. The number of esters is 1. The van der Waals surface area contributed by atoms with Gasteiger partial charge in [0, 0.05) is 6.54 Å². The fourth-order valence-electron chi connectivity index (χ4n) is 2.50. The number of aryl methyl sites for hydroxylation is 2. The Morgan fingerprint density at radius 3 is 2.52 bits per heavy atom. The number of ether oxygens (including phenoxy) is 3. The lowest BCUT2D eigenvalue weighted by molar-refractivity contribution is -0.150. The Morgan fingerprint density at radius 1 is 1.00 bits per heavy atom. The summed E-state index contributed by atoms with van der Waals surface area (Å²) >= 11 is 0. The van der Waals surface area contributed by atoms with Crippen LogP contribution in [0.3, 0.4) is 0 Å². The smallest absolute Gasteiger partial charge is 0.344 e. The molecule has 0 unspecified atom stereocenters. The van der Waals surface area contributed by atoms with Crippen LogP contribution in [0.1, 0.15) is 16.7 Å². The predicted molar refractivity (Wildman–Crippen MR) is 102 cm³/mol. The Morgan fingerprint density at radius 2 is 1.78 bits per heavy atom. The minimum atomic E-state index is -0.619. The molecule has 0 spiro atoms. The van der Waals surface area contributed by atoms with Crippen molar-refractivity contribution in [2.45, 2.75) is 20.3 Å². The summed E-state index contributed by atoms with van der Waals surface area (Å²) in [6, 6.07) is 13.4. The van der Waals surface area contributed by atoms with Crippen LogP contribution in [0.15, 0.2) is 42.5 Å². The van der Waals surface area contributed by atoms with Crippen molar-refractivity contribution in [3.05, 3.63) is 59.2 Å². The van der Waals surface area contributed by atoms with Crippen LogP contribution in [0, 0.1) is 13.8 Å². The van der Waals surface area contributed by atoms with E-state index >= 15 is 0 Å². The van der Waals surface area contributed by atoms with Gasteiger partial charge in [0.25, 0.3) is 5.91 Å². The van der Waals surface area contributed by atoms with Gasteiger partial charge in [0.05, 0.1) is 7.11 Å². The van der Waals surface area contributed by atoms with Gasteiger partial charge in [-0.1, -0.05) is 30.3 Å². The highest BCUT2D eigenvalue weighted by molar-refractivity contribution is 5.80. The number of hydrogen-bond donors (Lipinski definition) is 1. The first-order valence-electron chi connectivity index (χ1n) is 8.74. The molecule has 2 aromatic rings. The van der Waals surface area contributed by atoms with Gasteiger partial charge >= 0.3 is 5.97 Å². The first-order chi connectivity index (χ1) is 13.0. The second-order valence-electron chi connectivity index (χ2n) is 6.13. The third kappa shape index (κ3) is 6.66. The number of hydrogen-bond acceptors (Lipinski definition) is 5. The Kier molecular flexibility index (Phi) is 7.67. The van der Waals surface area contributed by atoms with Crippen molar-refractivity contribution in [2.75, 3.05) is 26.9 Å². The molecule has 0 aliphatic heterocycles. The summed E-state index contributed by atoms with van der Waals surface area (Å²) in [5.41, 5.74) is 3.38. The minimum Gasteiger partial charge on any atom is -0.493 e. The average Bonchev–Trinajstić information content (AvgIpc) is 2.66. The van der Waals surface area contributed by atoms with E-state index in [1.807, 2.05) is 50.2 Å². The van der Waals surface area contributed by atoms with Crippen LogP contribution in [0.25, 0.3) is 0 Å². The van der Waals surface area contributed by atoms with E-state index in [2.05, 4.69) is 5.32 Å². The molecule has 0 radical (unpaired) electrons. The van der Waals surface area contributed by atoms with Crippen LogP contribution in [0.2, 0.25) is 0 Å². The maximum atomic E-state index is 11.8. The first-order valence-corrected chi connectivity index (χ1v) is 8.74. The molecule has 6 nitrogen and oxygen atoms in total. The first kappa shape index (κ1) is 20.3. The molecule has 0 aliphatic carbocycles. The van der Waals surface area contributed by atoms with Crippen molar-refractivity contribution in [3.8, 4) is 11.5 Å². The van der Waals surface area contributed by atoms with E-state index in [-0.39, 0.29) is 19.1 Å². The molecular formula is C21H25NO5. The van der Waals surface area contributed by atoms with Crippen molar-refractivity contribution in [1.82, 2.24) is 5.32 Å². The standard InChI is InChI=1S/C21H25NO5/c1-15-8-9-18(19(12-15)25-3)26-14-21(24)27-13-20(23)22-11-10-17-7-5-4-6-16(17)2/h4-9,12H,10-11,13-14H2,1-3H3,(H,22,23).